The van der Waals surface area contributed by atoms with Crippen molar-refractivity contribution in [2.75, 3.05) is 19.5 Å². The third-order valence-corrected chi connectivity index (χ3v) is 6.00. The SMILES string of the molecule is CCOc1ccc(/C=N\NC(=O)CSc2nc3ccccc3n2Cc2ccccc2)cc1OC. The number of nitrogens with one attached hydrogen (secondary N) is 1. The van der Waals surface area contributed by atoms with Crippen molar-refractivity contribution in [3.8, 4) is 11.5 Å². The number of carbonyl (C=O) groups excluding carboxylic acids is 1. The smallest absolute Gasteiger partial charge is 0.250 e. The lowest BCUT2D eigenvalue weighted by molar-refractivity contribution is -0.118. The molecule has 4 rings (SSSR count). The van der Waals surface area contributed by atoms with Crippen LogP contribution in [-0.2, 0) is 11.3 Å². The number of imidazole rings is 1. The number of para-hydroxylation sites is 2. The van der Waals surface area contributed by atoms with Gasteiger partial charge < -0.3 is 14.0 Å². The molecule has 1 amide bonds. The average Bonchev–Trinajstić information content (AvgIpc) is 3.21. The Morgan fingerprint density at radius 1 is 1.09 bits per heavy atom. The number of aromatic nitrogens is 2. The van der Waals surface area contributed by atoms with Crippen LogP contribution in [0.4, 0.5) is 0 Å². The molecule has 3 aromatic carbocycles. The molecule has 0 radical (unpaired) electrons. The number of carbonyl (C=O) groups is 1. The molecule has 0 spiro atoms. The highest BCUT2D eigenvalue weighted by Gasteiger charge is 2.13. The third kappa shape index (κ3) is 5.77. The molecule has 0 unspecified atom stereocenters. The van der Waals surface area contributed by atoms with E-state index in [2.05, 4.69) is 27.2 Å². The van der Waals surface area contributed by atoms with E-state index in [1.54, 1.807) is 19.4 Å². The molecule has 0 aliphatic carbocycles. The van der Waals surface area contributed by atoms with Gasteiger partial charge in [-0.05, 0) is 48.4 Å². The lowest BCUT2D eigenvalue weighted by atomic mass is 10.2. The van der Waals surface area contributed by atoms with Crippen LogP contribution in [0.5, 0.6) is 11.5 Å². The summed E-state index contributed by atoms with van der Waals surface area (Å²) in [5, 5.41) is 4.87. The van der Waals surface area contributed by atoms with E-state index in [0.29, 0.717) is 24.7 Å². The van der Waals surface area contributed by atoms with Crippen molar-refractivity contribution < 1.29 is 14.3 Å². The maximum absolute atomic E-state index is 12.4. The Bertz CT molecular complexity index is 1290. The Hall–Kier alpha value is -3.78. The second-order valence-corrected chi connectivity index (χ2v) is 8.32. The van der Waals surface area contributed by atoms with Crippen molar-refractivity contribution >= 4 is 34.9 Å². The predicted octanol–water partition coefficient (Wildman–Crippen LogP) is 4.73. The molecule has 0 aliphatic heterocycles. The number of hydrogen-bond acceptors (Lipinski definition) is 6. The first-order valence-corrected chi connectivity index (χ1v) is 11.9. The van der Waals surface area contributed by atoms with E-state index in [1.807, 2.05) is 61.5 Å². The van der Waals surface area contributed by atoms with Crippen molar-refractivity contribution in [2.45, 2.75) is 18.6 Å². The van der Waals surface area contributed by atoms with Crippen LogP contribution in [0.1, 0.15) is 18.1 Å². The van der Waals surface area contributed by atoms with Crippen molar-refractivity contribution in [1.29, 1.82) is 0 Å². The standard InChI is InChI=1S/C26H26N4O3S/c1-3-33-23-14-13-20(15-24(23)32-2)16-27-29-25(31)18-34-26-28-21-11-7-8-12-22(21)30(26)17-19-9-5-4-6-10-19/h4-16H,3,17-18H2,1-2H3,(H,29,31)/b27-16-. The Labute approximate surface area is 202 Å². The summed E-state index contributed by atoms with van der Waals surface area (Å²) < 4.78 is 13.0. The molecule has 34 heavy (non-hydrogen) atoms. The summed E-state index contributed by atoms with van der Waals surface area (Å²) in [7, 11) is 1.59. The Balaban J connectivity index is 1.40. The third-order valence-electron chi connectivity index (χ3n) is 5.03. The lowest BCUT2D eigenvalue weighted by Gasteiger charge is -2.09. The first-order chi connectivity index (χ1) is 16.7. The molecule has 8 heteroatoms. The van der Waals surface area contributed by atoms with E-state index < -0.39 is 0 Å². The van der Waals surface area contributed by atoms with Gasteiger partial charge in [0.15, 0.2) is 16.7 Å². The highest BCUT2D eigenvalue weighted by molar-refractivity contribution is 7.99. The largest absolute Gasteiger partial charge is 0.493 e. The number of hydrogen-bond donors (Lipinski definition) is 1. The van der Waals surface area contributed by atoms with Crippen LogP contribution < -0.4 is 14.9 Å². The van der Waals surface area contributed by atoms with Gasteiger partial charge in [-0.2, -0.15) is 5.10 Å². The van der Waals surface area contributed by atoms with Crippen LogP contribution in [0.25, 0.3) is 11.0 Å². The number of hydrazone groups is 1. The zero-order chi connectivity index (χ0) is 23.8. The Kier molecular flexibility index (Phi) is 7.83. The fourth-order valence-corrected chi connectivity index (χ4v) is 4.27. The van der Waals surface area contributed by atoms with Crippen LogP contribution in [0.15, 0.2) is 83.1 Å². The lowest BCUT2D eigenvalue weighted by Crippen LogP contribution is -2.20. The molecule has 0 saturated carbocycles. The summed E-state index contributed by atoms with van der Waals surface area (Å²) in [5.74, 6) is 1.27. The maximum Gasteiger partial charge on any atom is 0.250 e. The summed E-state index contributed by atoms with van der Waals surface area (Å²) in [4.78, 5) is 17.2. The topological polar surface area (TPSA) is 77.7 Å². The summed E-state index contributed by atoms with van der Waals surface area (Å²) >= 11 is 1.39. The van der Waals surface area contributed by atoms with Crippen LogP contribution >= 0.6 is 11.8 Å². The Morgan fingerprint density at radius 2 is 1.88 bits per heavy atom. The quantitative estimate of drug-likeness (QED) is 0.204. The van der Waals surface area contributed by atoms with E-state index in [4.69, 9.17) is 14.5 Å². The zero-order valence-electron chi connectivity index (χ0n) is 19.1. The minimum Gasteiger partial charge on any atom is -0.493 e. The molecule has 174 valence electrons. The van der Waals surface area contributed by atoms with E-state index in [0.717, 1.165) is 21.8 Å². The molecule has 1 N–H and O–H groups in total. The predicted molar refractivity (Wildman–Crippen MR) is 136 cm³/mol. The molecule has 0 fully saturated rings. The first-order valence-electron chi connectivity index (χ1n) is 10.9. The van der Waals surface area contributed by atoms with Gasteiger partial charge in [-0.15, -0.1) is 0 Å². The van der Waals surface area contributed by atoms with Gasteiger partial charge in [0.1, 0.15) is 0 Å². The number of ether oxygens (including phenoxy) is 2. The number of methoxy groups -OCH3 is 1. The highest BCUT2D eigenvalue weighted by Crippen LogP contribution is 2.27. The number of nitrogens with zero attached hydrogens (tertiary/aromatic N) is 3. The van der Waals surface area contributed by atoms with Crippen LogP contribution in [-0.4, -0.2) is 41.1 Å². The molecule has 1 heterocycles. The van der Waals surface area contributed by atoms with Gasteiger partial charge in [-0.3, -0.25) is 4.79 Å². The first kappa shape index (κ1) is 23.4. The molecule has 4 aromatic rings. The summed E-state index contributed by atoms with van der Waals surface area (Å²) in [6.45, 7) is 3.15. The number of fused-ring (bicyclic) bond motifs is 1. The van der Waals surface area contributed by atoms with E-state index in [9.17, 15) is 4.79 Å². The molecule has 0 bridgehead atoms. The monoisotopic (exact) mass is 474 g/mol. The van der Waals surface area contributed by atoms with Gasteiger partial charge in [-0.25, -0.2) is 10.4 Å². The van der Waals surface area contributed by atoms with Gasteiger partial charge in [0, 0.05) is 0 Å². The minimum atomic E-state index is -0.211. The Morgan fingerprint density at radius 3 is 2.68 bits per heavy atom. The number of rotatable bonds is 10. The summed E-state index contributed by atoms with van der Waals surface area (Å²) in [6.07, 6.45) is 1.57. The normalized spacial score (nSPS) is 11.1. The fraction of sp³-hybridized carbons (Fsp3) is 0.192. The molecular weight excluding hydrogens is 448 g/mol. The van der Waals surface area contributed by atoms with Crippen LogP contribution in [0, 0.1) is 0 Å². The fourth-order valence-electron chi connectivity index (χ4n) is 3.46. The second kappa shape index (κ2) is 11.4. The van der Waals surface area contributed by atoms with Gasteiger partial charge in [0.2, 0.25) is 0 Å². The van der Waals surface area contributed by atoms with Gasteiger partial charge >= 0.3 is 0 Å². The van der Waals surface area contributed by atoms with Gasteiger partial charge in [0.05, 0.1) is 43.3 Å². The molecule has 0 saturated heterocycles. The number of thioether (sulfide) groups is 1. The molecule has 0 atom stereocenters. The zero-order valence-corrected chi connectivity index (χ0v) is 19.9. The van der Waals surface area contributed by atoms with E-state index >= 15 is 0 Å². The maximum atomic E-state index is 12.4. The summed E-state index contributed by atoms with van der Waals surface area (Å²) in [6, 6.07) is 23.7. The second-order valence-electron chi connectivity index (χ2n) is 7.38. The van der Waals surface area contributed by atoms with Crippen molar-refractivity contribution in [3.63, 3.8) is 0 Å². The average molecular weight is 475 g/mol. The van der Waals surface area contributed by atoms with E-state index in [1.165, 1.54) is 17.3 Å². The molecule has 7 nitrogen and oxygen atoms in total. The van der Waals surface area contributed by atoms with Gasteiger partial charge in [-0.1, -0.05) is 54.2 Å². The van der Waals surface area contributed by atoms with E-state index in [-0.39, 0.29) is 11.7 Å². The summed E-state index contributed by atoms with van der Waals surface area (Å²) in [5.41, 5.74) is 6.49. The molecule has 0 aliphatic rings. The van der Waals surface area contributed by atoms with Crippen LogP contribution in [0.2, 0.25) is 0 Å². The molecular formula is C26H26N4O3S. The van der Waals surface area contributed by atoms with Gasteiger partial charge in [0.25, 0.3) is 5.91 Å². The highest BCUT2D eigenvalue weighted by atomic mass is 32.2. The van der Waals surface area contributed by atoms with Crippen LogP contribution in [0.3, 0.4) is 0 Å². The minimum absolute atomic E-state index is 0.196. The van der Waals surface area contributed by atoms with Crippen molar-refractivity contribution in [1.82, 2.24) is 15.0 Å². The number of amides is 1. The van der Waals surface area contributed by atoms with Crippen molar-refractivity contribution in [2.24, 2.45) is 5.10 Å². The number of benzene rings is 3. The van der Waals surface area contributed by atoms with Crippen molar-refractivity contribution in [3.05, 3.63) is 83.9 Å². The molecule has 1 aromatic heterocycles.